The molecule has 0 spiro atoms. The maximum Gasteiger partial charge on any atom is 0.203 e. The van der Waals surface area contributed by atoms with Crippen LogP contribution in [-0.4, -0.2) is 45.5 Å². The quantitative estimate of drug-likeness (QED) is 0.782. The minimum absolute atomic E-state index is 0.212. The molecule has 0 aliphatic heterocycles. The summed E-state index contributed by atoms with van der Waals surface area (Å²) < 4.78 is 18.3. The maximum atomic E-state index is 11.1. The highest BCUT2D eigenvalue weighted by Crippen LogP contribution is 2.17. The molecule has 0 aliphatic rings. The zero-order valence-electron chi connectivity index (χ0n) is 11.5. The van der Waals surface area contributed by atoms with Gasteiger partial charge in [0.05, 0.1) is 6.61 Å². The first kappa shape index (κ1) is 15.2. The Hall–Kier alpha value is -0.880. The molecule has 0 aliphatic carbocycles. The van der Waals surface area contributed by atoms with Crippen molar-refractivity contribution in [3.05, 3.63) is 12.4 Å². The van der Waals surface area contributed by atoms with Crippen LogP contribution in [0.4, 0.5) is 5.95 Å². The fourth-order valence-electron chi connectivity index (χ4n) is 1.77. The second kappa shape index (κ2) is 7.53. The number of methoxy groups -OCH3 is 1. The lowest BCUT2D eigenvalue weighted by atomic mass is 10.2. The lowest BCUT2D eigenvalue weighted by Gasteiger charge is -2.19. The lowest BCUT2D eigenvalue weighted by Crippen LogP contribution is -2.24. The van der Waals surface area contributed by atoms with Gasteiger partial charge in [0.25, 0.3) is 0 Å². The second-order valence-electron chi connectivity index (χ2n) is 4.57. The molecule has 6 heteroatoms. The van der Waals surface area contributed by atoms with Crippen LogP contribution in [0.5, 0.6) is 0 Å². The predicted molar refractivity (Wildman–Crippen MR) is 75.4 cm³/mol. The van der Waals surface area contributed by atoms with Crippen LogP contribution >= 0.6 is 0 Å². The van der Waals surface area contributed by atoms with Gasteiger partial charge in [0.15, 0.2) is 0 Å². The van der Waals surface area contributed by atoms with Crippen LogP contribution in [0, 0.1) is 0 Å². The van der Waals surface area contributed by atoms with E-state index in [4.69, 9.17) is 4.74 Å². The van der Waals surface area contributed by atoms with Crippen LogP contribution in [0.3, 0.4) is 0 Å². The van der Waals surface area contributed by atoms with Gasteiger partial charge < -0.3 is 14.6 Å². The van der Waals surface area contributed by atoms with Gasteiger partial charge in [0, 0.05) is 54.4 Å². The van der Waals surface area contributed by atoms with E-state index in [1.807, 2.05) is 13.1 Å². The van der Waals surface area contributed by atoms with Crippen molar-refractivity contribution in [3.8, 4) is 0 Å². The van der Waals surface area contributed by atoms with E-state index in [0.29, 0.717) is 12.4 Å². The summed E-state index contributed by atoms with van der Waals surface area (Å²) in [6, 6.07) is 0.498. The number of rotatable bonds is 8. The van der Waals surface area contributed by atoms with Crippen LogP contribution in [-0.2, 0) is 15.5 Å². The highest BCUT2D eigenvalue weighted by atomic mass is 32.2. The highest BCUT2D eigenvalue weighted by molar-refractivity contribution is 7.84. The molecule has 0 radical (unpaired) electrons. The SMILES string of the molecule is COCC(C)Nc1nccn1C(C)CCS(C)=O. The lowest BCUT2D eigenvalue weighted by molar-refractivity contribution is 0.190. The number of imidazole rings is 1. The summed E-state index contributed by atoms with van der Waals surface area (Å²) in [5.41, 5.74) is 0. The molecule has 3 unspecified atom stereocenters. The number of nitrogens with one attached hydrogen (secondary N) is 1. The monoisotopic (exact) mass is 273 g/mol. The first-order valence-corrected chi connectivity index (χ1v) is 7.85. The highest BCUT2D eigenvalue weighted by Gasteiger charge is 2.12. The Labute approximate surface area is 111 Å². The van der Waals surface area contributed by atoms with Crippen molar-refractivity contribution < 1.29 is 8.95 Å². The molecule has 18 heavy (non-hydrogen) atoms. The van der Waals surface area contributed by atoms with Crippen molar-refractivity contribution in [1.29, 1.82) is 0 Å². The zero-order valence-corrected chi connectivity index (χ0v) is 12.4. The Kier molecular flexibility index (Phi) is 6.35. The third-order valence-corrected chi connectivity index (χ3v) is 3.57. The van der Waals surface area contributed by atoms with Gasteiger partial charge in [0.1, 0.15) is 0 Å². The standard InChI is InChI=1S/C12H23N3O2S/c1-10(9-17-3)14-12-13-6-7-15(12)11(2)5-8-18(4)16/h6-7,10-11H,5,8-9H2,1-4H3,(H,13,14). The average Bonchev–Trinajstić information content (AvgIpc) is 2.74. The summed E-state index contributed by atoms with van der Waals surface area (Å²) in [7, 11) is 0.942. The Morgan fingerprint density at radius 3 is 2.89 bits per heavy atom. The van der Waals surface area contributed by atoms with Gasteiger partial charge in [-0.2, -0.15) is 0 Å². The summed E-state index contributed by atoms with van der Waals surface area (Å²) in [4.78, 5) is 4.31. The average molecular weight is 273 g/mol. The molecular weight excluding hydrogens is 250 g/mol. The van der Waals surface area contributed by atoms with Crippen molar-refractivity contribution in [2.75, 3.05) is 31.0 Å². The molecule has 1 aromatic rings. The summed E-state index contributed by atoms with van der Waals surface area (Å²) in [6.45, 7) is 4.80. The smallest absolute Gasteiger partial charge is 0.203 e. The van der Waals surface area contributed by atoms with E-state index in [1.54, 1.807) is 19.6 Å². The fraction of sp³-hybridized carbons (Fsp3) is 0.750. The van der Waals surface area contributed by atoms with Crippen molar-refractivity contribution >= 4 is 16.7 Å². The maximum absolute atomic E-state index is 11.1. The van der Waals surface area contributed by atoms with Crippen molar-refractivity contribution in [3.63, 3.8) is 0 Å². The van der Waals surface area contributed by atoms with Crippen molar-refractivity contribution in [2.24, 2.45) is 0 Å². The Morgan fingerprint density at radius 1 is 1.56 bits per heavy atom. The Morgan fingerprint density at radius 2 is 2.28 bits per heavy atom. The van der Waals surface area contributed by atoms with Gasteiger partial charge in [-0.15, -0.1) is 0 Å². The largest absolute Gasteiger partial charge is 0.383 e. The van der Waals surface area contributed by atoms with Gasteiger partial charge in [0.2, 0.25) is 5.95 Å². The first-order chi connectivity index (χ1) is 8.54. The minimum atomic E-state index is -0.742. The first-order valence-electron chi connectivity index (χ1n) is 6.13. The van der Waals surface area contributed by atoms with Crippen LogP contribution in [0.25, 0.3) is 0 Å². The summed E-state index contributed by atoms with van der Waals surface area (Å²) in [6.07, 6.45) is 6.35. The molecule has 0 bridgehead atoms. The molecule has 0 fully saturated rings. The fourth-order valence-corrected chi connectivity index (χ4v) is 2.44. The molecule has 0 saturated carbocycles. The molecule has 104 valence electrons. The molecule has 0 saturated heterocycles. The number of ether oxygens (including phenoxy) is 1. The van der Waals surface area contributed by atoms with Crippen LogP contribution in [0.15, 0.2) is 12.4 Å². The molecule has 5 nitrogen and oxygen atoms in total. The van der Waals surface area contributed by atoms with Gasteiger partial charge in [-0.1, -0.05) is 0 Å². The molecule has 0 amide bonds. The Bertz CT molecular complexity index is 381. The third-order valence-electron chi connectivity index (χ3n) is 2.76. The number of hydrogen-bond acceptors (Lipinski definition) is 4. The predicted octanol–water partition coefficient (Wildman–Crippen LogP) is 1.66. The third kappa shape index (κ3) is 4.78. The van der Waals surface area contributed by atoms with E-state index in [2.05, 4.69) is 21.8 Å². The topological polar surface area (TPSA) is 56.1 Å². The van der Waals surface area contributed by atoms with Gasteiger partial charge in [-0.25, -0.2) is 4.98 Å². The van der Waals surface area contributed by atoms with E-state index in [0.717, 1.165) is 12.4 Å². The molecule has 3 atom stereocenters. The van der Waals surface area contributed by atoms with Crippen LogP contribution < -0.4 is 5.32 Å². The van der Waals surface area contributed by atoms with E-state index < -0.39 is 10.8 Å². The molecule has 1 heterocycles. The summed E-state index contributed by atoms with van der Waals surface area (Å²) in [5.74, 6) is 1.56. The molecule has 1 rings (SSSR count). The second-order valence-corrected chi connectivity index (χ2v) is 6.13. The number of nitrogens with zero attached hydrogens (tertiary/aromatic N) is 2. The summed E-state index contributed by atoms with van der Waals surface area (Å²) in [5, 5.41) is 3.31. The molecule has 1 aromatic heterocycles. The molecular formula is C12H23N3O2S. The number of aromatic nitrogens is 2. The van der Waals surface area contributed by atoms with Crippen LogP contribution in [0.2, 0.25) is 0 Å². The number of anilines is 1. The molecule has 1 N–H and O–H groups in total. The van der Waals surface area contributed by atoms with Crippen LogP contribution in [0.1, 0.15) is 26.3 Å². The van der Waals surface area contributed by atoms with Gasteiger partial charge in [-0.3, -0.25) is 4.21 Å². The van der Waals surface area contributed by atoms with Crippen molar-refractivity contribution in [1.82, 2.24) is 9.55 Å². The zero-order chi connectivity index (χ0) is 13.5. The molecule has 0 aromatic carbocycles. The normalized spacial score (nSPS) is 16.2. The number of hydrogen-bond donors (Lipinski definition) is 1. The van der Waals surface area contributed by atoms with E-state index in [9.17, 15) is 4.21 Å². The minimum Gasteiger partial charge on any atom is -0.383 e. The van der Waals surface area contributed by atoms with E-state index >= 15 is 0 Å². The Balaban J connectivity index is 2.60. The van der Waals surface area contributed by atoms with Crippen molar-refractivity contribution in [2.45, 2.75) is 32.4 Å². The van der Waals surface area contributed by atoms with E-state index in [-0.39, 0.29) is 12.1 Å². The summed E-state index contributed by atoms with van der Waals surface area (Å²) >= 11 is 0. The van der Waals surface area contributed by atoms with Gasteiger partial charge >= 0.3 is 0 Å². The van der Waals surface area contributed by atoms with Gasteiger partial charge in [-0.05, 0) is 20.3 Å². The van der Waals surface area contributed by atoms with E-state index in [1.165, 1.54) is 0 Å².